The van der Waals surface area contributed by atoms with Crippen LogP contribution in [0.5, 0.6) is 0 Å². The van der Waals surface area contributed by atoms with Gasteiger partial charge in [0.25, 0.3) is 0 Å². The molecule has 0 aromatic heterocycles. The summed E-state index contributed by atoms with van der Waals surface area (Å²) >= 11 is 0. The van der Waals surface area contributed by atoms with Crippen LogP contribution in [0, 0.1) is 11.3 Å². The molecular formula is C13H24N2O3. The van der Waals surface area contributed by atoms with E-state index >= 15 is 0 Å². The molecule has 0 aromatic rings. The van der Waals surface area contributed by atoms with Gasteiger partial charge in [0.2, 0.25) is 5.91 Å². The molecule has 104 valence electrons. The second-order valence-corrected chi connectivity index (χ2v) is 6.22. The van der Waals surface area contributed by atoms with Gasteiger partial charge in [-0.2, -0.15) is 0 Å². The van der Waals surface area contributed by atoms with Gasteiger partial charge in [-0.1, -0.05) is 20.8 Å². The molecule has 5 heteroatoms. The van der Waals surface area contributed by atoms with Crippen LogP contribution in [0.25, 0.3) is 0 Å². The van der Waals surface area contributed by atoms with E-state index in [1.165, 1.54) is 0 Å². The van der Waals surface area contributed by atoms with Gasteiger partial charge in [0.05, 0.1) is 0 Å². The lowest BCUT2D eigenvalue weighted by Crippen LogP contribution is -2.49. The van der Waals surface area contributed by atoms with Crippen LogP contribution in [0.1, 0.15) is 33.6 Å². The topological polar surface area (TPSA) is 69.6 Å². The summed E-state index contributed by atoms with van der Waals surface area (Å²) in [6.07, 6.45) is 1.78. The molecule has 0 aliphatic carbocycles. The highest BCUT2D eigenvalue weighted by molar-refractivity contribution is 5.97. The van der Waals surface area contributed by atoms with Crippen molar-refractivity contribution in [3.8, 4) is 0 Å². The number of piperidine rings is 1. The molecule has 18 heavy (non-hydrogen) atoms. The van der Waals surface area contributed by atoms with E-state index in [1.807, 2.05) is 7.05 Å². The number of likely N-dealkylation sites (tertiary alicyclic amines) is 1. The van der Waals surface area contributed by atoms with E-state index in [0.29, 0.717) is 0 Å². The van der Waals surface area contributed by atoms with Crippen molar-refractivity contribution in [3.63, 3.8) is 0 Å². The Kier molecular flexibility index (Phi) is 4.73. The minimum atomic E-state index is -1.05. The molecule has 1 aliphatic heterocycles. The maximum absolute atomic E-state index is 12.1. The molecule has 1 fully saturated rings. The van der Waals surface area contributed by atoms with Gasteiger partial charge in [-0.15, -0.1) is 0 Å². The third-order valence-electron chi connectivity index (χ3n) is 3.44. The molecular weight excluding hydrogens is 232 g/mol. The van der Waals surface area contributed by atoms with E-state index in [1.54, 1.807) is 20.8 Å². The lowest BCUT2D eigenvalue weighted by Gasteiger charge is -2.32. The second kappa shape index (κ2) is 5.69. The first-order valence-electron chi connectivity index (χ1n) is 6.43. The number of rotatable bonds is 3. The number of carbonyl (C=O) groups excluding carboxylic acids is 1. The monoisotopic (exact) mass is 256 g/mol. The standard InChI is InChI=1S/C13H24N2O3/c1-13(2,3)10(12(17)18)11(16)14-9-5-7-15(4)8-6-9/h9-10H,5-8H2,1-4H3,(H,14,16)(H,17,18). The van der Waals surface area contributed by atoms with Crippen LogP contribution in [-0.4, -0.2) is 48.1 Å². The van der Waals surface area contributed by atoms with Crippen LogP contribution in [0.2, 0.25) is 0 Å². The Morgan fingerprint density at radius 2 is 1.78 bits per heavy atom. The summed E-state index contributed by atoms with van der Waals surface area (Å²) in [6, 6.07) is 0.109. The molecule has 0 aromatic carbocycles. The first-order valence-corrected chi connectivity index (χ1v) is 6.43. The minimum absolute atomic E-state index is 0.109. The first-order chi connectivity index (χ1) is 8.21. The molecule has 0 bridgehead atoms. The molecule has 1 saturated heterocycles. The number of carboxylic acid groups (broad SMARTS) is 1. The molecule has 1 rings (SSSR count). The van der Waals surface area contributed by atoms with Crippen molar-refractivity contribution in [2.24, 2.45) is 11.3 Å². The van der Waals surface area contributed by atoms with Crippen molar-refractivity contribution >= 4 is 11.9 Å². The van der Waals surface area contributed by atoms with Gasteiger partial charge in [0, 0.05) is 6.04 Å². The van der Waals surface area contributed by atoms with Gasteiger partial charge >= 0.3 is 5.97 Å². The summed E-state index contributed by atoms with van der Waals surface area (Å²) in [4.78, 5) is 25.5. The second-order valence-electron chi connectivity index (χ2n) is 6.22. The highest BCUT2D eigenvalue weighted by Crippen LogP contribution is 2.26. The van der Waals surface area contributed by atoms with Crippen molar-refractivity contribution in [2.45, 2.75) is 39.7 Å². The van der Waals surface area contributed by atoms with Gasteiger partial charge in [0.1, 0.15) is 5.92 Å². The van der Waals surface area contributed by atoms with Crippen molar-refractivity contribution in [2.75, 3.05) is 20.1 Å². The van der Waals surface area contributed by atoms with E-state index in [9.17, 15) is 14.7 Å². The number of hydrogen-bond donors (Lipinski definition) is 2. The van der Waals surface area contributed by atoms with Crippen molar-refractivity contribution < 1.29 is 14.7 Å². The first kappa shape index (κ1) is 15.0. The Labute approximate surface area is 109 Å². The lowest BCUT2D eigenvalue weighted by atomic mass is 9.80. The van der Waals surface area contributed by atoms with E-state index < -0.39 is 17.3 Å². The zero-order valence-electron chi connectivity index (χ0n) is 11.7. The Morgan fingerprint density at radius 3 is 2.17 bits per heavy atom. The smallest absolute Gasteiger partial charge is 0.316 e. The van der Waals surface area contributed by atoms with E-state index in [-0.39, 0.29) is 11.9 Å². The molecule has 1 atom stereocenters. The molecule has 1 heterocycles. The molecule has 1 unspecified atom stereocenters. The average Bonchev–Trinajstić information content (AvgIpc) is 2.18. The number of aliphatic carboxylic acids is 1. The third-order valence-corrected chi connectivity index (χ3v) is 3.44. The molecule has 1 aliphatic rings. The van der Waals surface area contributed by atoms with Crippen LogP contribution in [-0.2, 0) is 9.59 Å². The van der Waals surface area contributed by atoms with Crippen LogP contribution in [0.15, 0.2) is 0 Å². The van der Waals surface area contributed by atoms with E-state index in [4.69, 9.17) is 0 Å². The number of nitrogens with zero attached hydrogens (tertiary/aromatic N) is 1. The zero-order chi connectivity index (χ0) is 13.9. The highest BCUT2D eigenvalue weighted by atomic mass is 16.4. The van der Waals surface area contributed by atoms with Crippen molar-refractivity contribution in [1.29, 1.82) is 0 Å². The third kappa shape index (κ3) is 3.98. The summed E-state index contributed by atoms with van der Waals surface area (Å²) in [5, 5.41) is 12.1. The predicted octanol–water partition coefficient (Wildman–Crippen LogP) is 0.944. The predicted molar refractivity (Wildman–Crippen MR) is 69.2 cm³/mol. The number of nitrogens with one attached hydrogen (secondary N) is 1. The summed E-state index contributed by atoms with van der Waals surface area (Å²) < 4.78 is 0. The van der Waals surface area contributed by atoms with Crippen molar-refractivity contribution in [3.05, 3.63) is 0 Å². The highest BCUT2D eigenvalue weighted by Gasteiger charge is 2.38. The van der Waals surface area contributed by atoms with Gasteiger partial charge in [0.15, 0.2) is 0 Å². The lowest BCUT2D eigenvalue weighted by molar-refractivity contribution is -0.151. The van der Waals surface area contributed by atoms with Crippen LogP contribution < -0.4 is 5.32 Å². The zero-order valence-corrected chi connectivity index (χ0v) is 11.7. The molecule has 0 radical (unpaired) electrons. The Balaban J connectivity index is 2.60. The molecule has 0 saturated carbocycles. The summed E-state index contributed by atoms with van der Waals surface area (Å²) in [5.41, 5.74) is -0.568. The number of carboxylic acids is 1. The summed E-state index contributed by atoms with van der Waals surface area (Å²) in [6.45, 7) is 7.22. The Morgan fingerprint density at radius 1 is 1.28 bits per heavy atom. The Bertz CT molecular complexity index is 315. The minimum Gasteiger partial charge on any atom is -0.481 e. The molecule has 2 N–H and O–H groups in total. The fraction of sp³-hybridized carbons (Fsp3) is 0.846. The van der Waals surface area contributed by atoms with Gasteiger partial charge in [-0.05, 0) is 38.4 Å². The number of carbonyl (C=O) groups is 2. The van der Waals surface area contributed by atoms with Gasteiger partial charge in [-0.3, -0.25) is 9.59 Å². The largest absolute Gasteiger partial charge is 0.481 e. The summed E-state index contributed by atoms with van der Waals surface area (Å²) in [5.74, 6) is -2.39. The quantitative estimate of drug-likeness (QED) is 0.737. The van der Waals surface area contributed by atoms with Crippen LogP contribution in [0.3, 0.4) is 0 Å². The average molecular weight is 256 g/mol. The fourth-order valence-corrected chi connectivity index (χ4v) is 2.31. The van der Waals surface area contributed by atoms with E-state index in [0.717, 1.165) is 25.9 Å². The maximum atomic E-state index is 12.1. The van der Waals surface area contributed by atoms with Crippen LogP contribution in [0.4, 0.5) is 0 Å². The normalized spacial score (nSPS) is 20.4. The number of hydrogen-bond acceptors (Lipinski definition) is 3. The molecule has 0 spiro atoms. The van der Waals surface area contributed by atoms with Gasteiger partial charge < -0.3 is 15.3 Å². The van der Waals surface area contributed by atoms with Crippen LogP contribution >= 0.6 is 0 Å². The maximum Gasteiger partial charge on any atom is 0.316 e. The summed E-state index contributed by atoms with van der Waals surface area (Å²) in [7, 11) is 2.05. The SMILES string of the molecule is CN1CCC(NC(=O)C(C(=O)O)C(C)(C)C)CC1. The number of amides is 1. The molecule has 1 amide bonds. The fourth-order valence-electron chi connectivity index (χ4n) is 2.31. The van der Waals surface area contributed by atoms with E-state index in [2.05, 4.69) is 10.2 Å². The van der Waals surface area contributed by atoms with Gasteiger partial charge in [-0.25, -0.2) is 0 Å². The van der Waals surface area contributed by atoms with Crippen molar-refractivity contribution in [1.82, 2.24) is 10.2 Å². The Hall–Kier alpha value is -1.10. The molecule has 5 nitrogen and oxygen atoms in total.